The van der Waals surface area contributed by atoms with Gasteiger partial charge in [-0.3, -0.25) is 9.59 Å². The van der Waals surface area contributed by atoms with Crippen molar-refractivity contribution < 1.29 is 22.8 Å². The first-order valence-corrected chi connectivity index (χ1v) is 9.85. The summed E-state index contributed by atoms with van der Waals surface area (Å²) in [5.74, 6) is -0.784. The Labute approximate surface area is 186 Å². The molecular formula is C22H18ClF3N4O2. The molecule has 2 aromatic carbocycles. The molecule has 166 valence electrons. The summed E-state index contributed by atoms with van der Waals surface area (Å²) in [7, 11) is 0. The average Bonchev–Trinajstić information content (AvgIpc) is 2.73. The quantitative estimate of drug-likeness (QED) is 0.503. The molecule has 3 rings (SSSR count). The highest BCUT2D eigenvalue weighted by atomic mass is 35.5. The number of nitrogens with one attached hydrogen (secondary N) is 2. The largest absolute Gasteiger partial charge is 0.416 e. The van der Waals surface area contributed by atoms with Gasteiger partial charge in [0.1, 0.15) is 5.82 Å². The van der Waals surface area contributed by atoms with E-state index in [1.165, 1.54) is 36.5 Å². The fourth-order valence-corrected chi connectivity index (χ4v) is 2.90. The Morgan fingerprint density at radius 1 is 0.969 bits per heavy atom. The summed E-state index contributed by atoms with van der Waals surface area (Å²) in [4.78, 5) is 33.4. The zero-order chi connectivity index (χ0) is 23.5. The molecule has 0 bridgehead atoms. The van der Waals surface area contributed by atoms with Gasteiger partial charge in [-0.25, -0.2) is 9.97 Å². The van der Waals surface area contributed by atoms with E-state index in [-0.39, 0.29) is 33.6 Å². The van der Waals surface area contributed by atoms with Crippen LogP contribution >= 0.6 is 11.6 Å². The molecule has 0 aliphatic carbocycles. The monoisotopic (exact) mass is 462 g/mol. The number of rotatable bonds is 5. The number of halogens is 4. The standard InChI is InChI=1S/C22H18ClF3N4O2/c1-12(2)19-27-11-17(23)18(30-19)21(32)29-15-7-3-5-13(9-15)20(31)28-16-8-4-6-14(10-16)22(24,25)26/h3-12H,1-2H3,(H,28,31)(H,29,32). The molecule has 0 radical (unpaired) electrons. The number of aromatic nitrogens is 2. The van der Waals surface area contributed by atoms with Crippen LogP contribution in [0.1, 0.15) is 52.0 Å². The Morgan fingerprint density at radius 3 is 2.25 bits per heavy atom. The lowest BCUT2D eigenvalue weighted by Crippen LogP contribution is -2.17. The van der Waals surface area contributed by atoms with Gasteiger partial charge in [-0.1, -0.05) is 37.6 Å². The van der Waals surface area contributed by atoms with Gasteiger partial charge in [0.15, 0.2) is 5.69 Å². The summed E-state index contributed by atoms with van der Waals surface area (Å²) in [6, 6.07) is 10.2. The predicted molar refractivity (Wildman–Crippen MR) is 115 cm³/mol. The number of benzene rings is 2. The van der Waals surface area contributed by atoms with Gasteiger partial charge in [-0.05, 0) is 36.4 Å². The first kappa shape index (κ1) is 23.2. The highest BCUT2D eigenvalue weighted by molar-refractivity contribution is 6.33. The number of hydrogen-bond donors (Lipinski definition) is 2. The van der Waals surface area contributed by atoms with Gasteiger partial charge >= 0.3 is 6.18 Å². The number of anilines is 2. The minimum absolute atomic E-state index is 0.00625. The van der Waals surface area contributed by atoms with Crippen LogP contribution in [0, 0.1) is 0 Å². The second-order valence-electron chi connectivity index (χ2n) is 7.15. The van der Waals surface area contributed by atoms with Gasteiger partial charge in [0, 0.05) is 22.9 Å². The van der Waals surface area contributed by atoms with Gasteiger partial charge < -0.3 is 10.6 Å². The summed E-state index contributed by atoms with van der Waals surface area (Å²) < 4.78 is 38.6. The van der Waals surface area contributed by atoms with E-state index in [0.717, 1.165) is 12.1 Å². The van der Waals surface area contributed by atoms with Gasteiger partial charge in [0.2, 0.25) is 0 Å². The normalized spacial score (nSPS) is 11.3. The Kier molecular flexibility index (Phi) is 6.78. The molecule has 0 fully saturated rings. The van der Waals surface area contributed by atoms with Crippen molar-refractivity contribution in [2.45, 2.75) is 25.9 Å². The molecule has 0 aliphatic heterocycles. The third-order valence-corrected chi connectivity index (χ3v) is 4.60. The molecule has 0 atom stereocenters. The molecule has 1 heterocycles. The van der Waals surface area contributed by atoms with Crippen molar-refractivity contribution in [1.82, 2.24) is 9.97 Å². The van der Waals surface area contributed by atoms with Crippen LogP contribution in [0.25, 0.3) is 0 Å². The first-order valence-electron chi connectivity index (χ1n) is 9.47. The van der Waals surface area contributed by atoms with Crippen LogP contribution in [0.15, 0.2) is 54.7 Å². The number of nitrogens with zero attached hydrogens (tertiary/aromatic N) is 2. The van der Waals surface area contributed by atoms with Crippen molar-refractivity contribution in [3.8, 4) is 0 Å². The van der Waals surface area contributed by atoms with Gasteiger partial charge in [-0.15, -0.1) is 0 Å². The molecule has 10 heteroatoms. The molecular weight excluding hydrogens is 445 g/mol. The Morgan fingerprint density at radius 2 is 1.59 bits per heavy atom. The molecule has 6 nitrogen and oxygen atoms in total. The third-order valence-electron chi connectivity index (χ3n) is 4.32. The van der Waals surface area contributed by atoms with Gasteiger partial charge in [0.25, 0.3) is 11.8 Å². The highest BCUT2D eigenvalue weighted by Gasteiger charge is 2.30. The Balaban J connectivity index is 1.77. The molecule has 2 N–H and O–H groups in total. The lowest BCUT2D eigenvalue weighted by atomic mass is 10.1. The van der Waals surface area contributed by atoms with E-state index in [0.29, 0.717) is 5.82 Å². The second-order valence-corrected chi connectivity index (χ2v) is 7.55. The van der Waals surface area contributed by atoms with Crippen LogP contribution in [0.5, 0.6) is 0 Å². The summed E-state index contributed by atoms with van der Waals surface area (Å²) in [5.41, 5.74) is -0.472. The van der Waals surface area contributed by atoms with Crippen LogP contribution in [0.2, 0.25) is 5.02 Å². The zero-order valence-electron chi connectivity index (χ0n) is 17.0. The first-order chi connectivity index (χ1) is 15.0. The van der Waals surface area contributed by atoms with E-state index in [1.54, 1.807) is 6.07 Å². The summed E-state index contributed by atoms with van der Waals surface area (Å²) >= 11 is 6.05. The third kappa shape index (κ3) is 5.61. The van der Waals surface area contributed by atoms with E-state index in [4.69, 9.17) is 11.6 Å². The Bertz CT molecular complexity index is 1170. The van der Waals surface area contributed by atoms with Crippen molar-refractivity contribution in [2.75, 3.05) is 10.6 Å². The van der Waals surface area contributed by atoms with Crippen LogP contribution in [-0.2, 0) is 6.18 Å². The lowest BCUT2D eigenvalue weighted by molar-refractivity contribution is -0.137. The zero-order valence-corrected chi connectivity index (χ0v) is 17.8. The molecule has 1 aromatic heterocycles. The molecule has 0 aliphatic rings. The van der Waals surface area contributed by atoms with E-state index in [9.17, 15) is 22.8 Å². The van der Waals surface area contributed by atoms with Crippen molar-refractivity contribution >= 4 is 34.8 Å². The predicted octanol–water partition coefficient (Wildman–Crippen LogP) is 5.78. The fraction of sp³-hybridized carbons (Fsp3) is 0.182. The topological polar surface area (TPSA) is 84.0 Å². The SMILES string of the molecule is CC(C)c1ncc(Cl)c(C(=O)Nc2cccc(C(=O)Nc3cccc(C(F)(F)F)c3)c2)n1. The molecule has 2 amide bonds. The van der Waals surface area contributed by atoms with Crippen LogP contribution in [0.3, 0.4) is 0 Å². The van der Waals surface area contributed by atoms with E-state index >= 15 is 0 Å². The van der Waals surface area contributed by atoms with E-state index in [2.05, 4.69) is 20.6 Å². The molecule has 0 saturated heterocycles. The fourth-order valence-electron chi connectivity index (χ4n) is 2.72. The molecule has 0 saturated carbocycles. The maximum Gasteiger partial charge on any atom is 0.416 e. The molecule has 32 heavy (non-hydrogen) atoms. The number of alkyl halides is 3. The smallest absolute Gasteiger partial charge is 0.322 e. The number of hydrogen-bond acceptors (Lipinski definition) is 4. The minimum atomic E-state index is -4.53. The highest BCUT2D eigenvalue weighted by Crippen LogP contribution is 2.30. The van der Waals surface area contributed by atoms with Crippen molar-refractivity contribution in [1.29, 1.82) is 0 Å². The van der Waals surface area contributed by atoms with Crippen LogP contribution in [0.4, 0.5) is 24.5 Å². The maximum absolute atomic E-state index is 12.9. The maximum atomic E-state index is 12.9. The van der Waals surface area contributed by atoms with Crippen molar-refractivity contribution in [2.24, 2.45) is 0 Å². The van der Waals surface area contributed by atoms with Gasteiger partial charge in [-0.2, -0.15) is 13.2 Å². The number of carbonyl (C=O) groups is 2. The van der Waals surface area contributed by atoms with Crippen molar-refractivity contribution in [3.05, 3.63) is 82.4 Å². The number of amides is 2. The molecule has 0 spiro atoms. The van der Waals surface area contributed by atoms with E-state index < -0.39 is 23.6 Å². The average molecular weight is 463 g/mol. The molecule has 3 aromatic rings. The van der Waals surface area contributed by atoms with Crippen molar-refractivity contribution in [3.63, 3.8) is 0 Å². The number of carbonyl (C=O) groups excluding carboxylic acids is 2. The summed E-state index contributed by atoms with van der Waals surface area (Å²) in [5, 5.41) is 5.10. The molecule has 0 unspecified atom stereocenters. The van der Waals surface area contributed by atoms with E-state index in [1.807, 2.05) is 13.8 Å². The minimum Gasteiger partial charge on any atom is -0.322 e. The second kappa shape index (κ2) is 9.35. The van der Waals surface area contributed by atoms with Crippen LogP contribution in [-0.4, -0.2) is 21.8 Å². The summed E-state index contributed by atoms with van der Waals surface area (Å²) in [6.07, 6.45) is -3.18. The van der Waals surface area contributed by atoms with Gasteiger partial charge in [0.05, 0.1) is 16.8 Å². The lowest BCUT2D eigenvalue weighted by Gasteiger charge is -2.11. The Hall–Kier alpha value is -3.46. The summed E-state index contributed by atoms with van der Waals surface area (Å²) in [6.45, 7) is 3.74. The van der Waals surface area contributed by atoms with Crippen LogP contribution < -0.4 is 10.6 Å².